The molecule has 2 aliphatic rings. The molecule has 1 aliphatic heterocycles. The molecule has 1 amide bonds. The Hall–Kier alpha value is -2.17. The number of nitrogens with zero attached hydrogens (tertiary/aromatic N) is 3. The molecular weight excluding hydrogens is 288 g/mol. The van der Waals surface area contributed by atoms with Gasteiger partial charge < -0.3 is 10.2 Å². The smallest absolute Gasteiger partial charge is 0.225 e. The van der Waals surface area contributed by atoms with Gasteiger partial charge in [-0.3, -0.25) is 4.79 Å². The van der Waals surface area contributed by atoms with Crippen LogP contribution in [0.2, 0.25) is 0 Å². The maximum atomic E-state index is 12.4. The predicted octanol–water partition coefficient (Wildman–Crippen LogP) is 2.43. The number of fused-ring (bicyclic) bond motifs is 1. The molecule has 0 radical (unpaired) electrons. The fourth-order valence-electron chi connectivity index (χ4n) is 3.39. The van der Waals surface area contributed by atoms with Crippen LogP contribution in [0.15, 0.2) is 24.3 Å². The minimum absolute atomic E-state index is 0.0613. The van der Waals surface area contributed by atoms with Gasteiger partial charge in [0, 0.05) is 29.9 Å². The number of anilines is 1. The van der Waals surface area contributed by atoms with E-state index in [-0.39, 0.29) is 11.8 Å². The minimum atomic E-state index is 0.0613. The van der Waals surface area contributed by atoms with E-state index in [1.54, 1.807) is 0 Å². The molecule has 1 saturated carbocycles. The summed E-state index contributed by atoms with van der Waals surface area (Å²) in [5.41, 5.74) is 0.949. The highest BCUT2D eigenvalue weighted by Crippen LogP contribution is 2.29. The number of benzene rings is 1. The van der Waals surface area contributed by atoms with E-state index in [2.05, 4.69) is 32.5 Å². The van der Waals surface area contributed by atoms with Gasteiger partial charge in [0.1, 0.15) is 0 Å². The number of hydrogen-bond acceptors (Lipinski definition) is 4. The van der Waals surface area contributed by atoms with Gasteiger partial charge >= 0.3 is 0 Å². The number of aryl methyl sites for hydroxylation is 1. The van der Waals surface area contributed by atoms with Crippen molar-refractivity contribution >= 4 is 22.5 Å². The topological polar surface area (TPSA) is 58.1 Å². The van der Waals surface area contributed by atoms with Crippen molar-refractivity contribution in [3.8, 4) is 0 Å². The van der Waals surface area contributed by atoms with Crippen LogP contribution in [-0.2, 0) is 4.79 Å². The summed E-state index contributed by atoms with van der Waals surface area (Å²) in [6, 6.07) is 8.68. The second kappa shape index (κ2) is 5.80. The summed E-state index contributed by atoms with van der Waals surface area (Å²) in [5.74, 6) is 1.18. The van der Waals surface area contributed by atoms with Gasteiger partial charge in [-0.25, -0.2) is 0 Å². The van der Waals surface area contributed by atoms with Crippen LogP contribution < -0.4 is 10.2 Å². The molecule has 120 valence electrons. The molecule has 0 spiro atoms. The van der Waals surface area contributed by atoms with E-state index in [4.69, 9.17) is 0 Å². The van der Waals surface area contributed by atoms with E-state index in [1.807, 2.05) is 19.1 Å². The summed E-state index contributed by atoms with van der Waals surface area (Å²) in [6.07, 6.45) is 4.26. The van der Waals surface area contributed by atoms with Crippen molar-refractivity contribution in [2.45, 2.75) is 38.6 Å². The van der Waals surface area contributed by atoms with E-state index in [9.17, 15) is 4.79 Å². The van der Waals surface area contributed by atoms with Gasteiger partial charge in [0.05, 0.1) is 11.6 Å². The lowest BCUT2D eigenvalue weighted by atomic mass is 9.96. The van der Waals surface area contributed by atoms with Gasteiger partial charge in [-0.15, -0.1) is 5.10 Å². The number of carbonyl (C=O) groups excluding carboxylic acids is 1. The van der Waals surface area contributed by atoms with Gasteiger partial charge in [-0.1, -0.05) is 24.3 Å². The molecule has 4 rings (SSSR count). The van der Waals surface area contributed by atoms with Crippen molar-refractivity contribution in [3.05, 3.63) is 30.0 Å². The summed E-state index contributed by atoms with van der Waals surface area (Å²) in [7, 11) is 0. The van der Waals surface area contributed by atoms with Gasteiger partial charge in [-0.2, -0.15) is 5.10 Å². The maximum Gasteiger partial charge on any atom is 0.225 e. The molecule has 1 aromatic heterocycles. The van der Waals surface area contributed by atoms with Crippen LogP contribution in [0, 0.1) is 12.8 Å². The highest BCUT2D eigenvalue weighted by molar-refractivity contribution is 5.93. The van der Waals surface area contributed by atoms with Crippen LogP contribution >= 0.6 is 0 Å². The fraction of sp³-hybridized carbons (Fsp3) is 0.500. The van der Waals surface area contributed by atoms with Crippen molar-refractivity contribution in [2.24, 2.45) is 5.92 Å². The summed E-state index contributed by atoms with van der Waals surface area (Å²) in [4.78, 5) is 14.6. The molecule has 2 fully saturated rings. The normalized spacial score (nSPS) is 21.4. The van der Waals surface area contributed by atoms with Gasteiger partial charge in [0.25, 0.3) is 0 Å². The number of rotatable bonds is 3. The van der Waals surface area contributed by atoms with Crippen LogP contribution in [0.3, 0.4) is 0 Å². The van der Waals surface area contributed by atoms with Crippen molar-refractivity contribution in [1.29, 1.82) is 0 Å². The third-order valence-electron chi connectivity index (χ3n) is 4.87. The molecule has 0 bridgehead atoms. The molecule has 1 N–H and O–H groups in total. The molecule has 23 heavy (non-hydrogen) atoms. The molecule has 5 heteroatoms. The second-order valence-corrected chi connectivity index (χ2v) is 6.72. The Balaban J connectivity index is 1.60. The zero-order valence-corrected chi connectivity index (χ0v) is 13.5. The number of amides is 1. The number of carbonyl (C=O) groups is 1. The first-order valence-electron chi connectivity index (χ1n) is 8.50. The molecular formula is C18H22N4O. The average molecular weight is 310 g/mol. The monoisotopic (exact) mass is 310 g/mol. The van der Waals surface area contributed by atoms with Crippen molar-refractivity contribution in [1.82, 2.24) is 15.5 Å². The third-order valence-corrected chi connectivity index (χ3v) is 4.87. The summed E-state index contributed by atoms with van der Waals surface area (Å²) < 4.78 is 0. The van der Waals surface area contributed by atoms with Crippen LogP contribution in [0.4, 0.5) is 5.82 Å². The van der Waals surface area contributed by atoms with Crippen molar-refractivity contribution in [2.75, 3.05) is 18.0 Å². The molecule has 1 aliphatic carbocycles. The average Bonchev–Trinajstić information content (AvgIpc) is 3.39. The van der Waals surface area contributed by atoms with Crippen LogP contribution in [-0.4, -0.2) is 35.2 Å². The predicted molar refractivity (Wildman–Crippen MR) is 90.4 cm³/mol. The third kappa shape index (κ3) is 2.87. The first kappa shape index (κ1) is 14.4. The molecule has 1 saturated heterocycles. The summed E-state index contributed by atoms with van der Waals surface area (Å²) in [6.45, 7) is 3.66. The minimum Gasteiger partial charge on any atom is -0.354 e. The Morgan fingerprint density at radius 1 is 1.17 bits per heavy atom. The van der Waals surface area contributed by atoms with Crippen LogP contribution in [0.5, 0.6) is 0 Å². The SMILES string of the molecule is Cc1nnc(N2CCCC(C(=O)NC3CC3)C2)c2ccccc12. The lowest BCUT2D eigenvalue weighted by Crippen LogP contribution is -2.44. The number of piperidine rings is 1. The molecule has 1 atom stereocenters. The van der Waals surface area contributed by atoms with E-state index >= 15 is 0 Å². The second-order valence-electron chi connectivity index (χ2n) is 6.72. The largest absolute Gasteiger partial charge is 0.354 e. The first-order valence-corrected chi connectivity index (χ1v) is 8.50. The molecule has 1 unspecified atom stereocenters. The lowest BCUT2D eigenvalue weighted by Gasteiger charge is -2.33. The molecule has 2 heterocycles. The summed E-state index contributed by atoms with van der Waals surface area (Å²) in [5, 5.41) is 14.2. The highest BCUT2D eigenvalue weighted by atomic mass is 16.2. The Kier molecular flexibility index (Phi) is 3.63. The van der Waals surface area contributed by atoms with Crippen molar-refractivity contribution in [3.63, 3.8) is 0 Å². The maximum absolute atomic E-state index is 12.4. The Morgan fingerprint density at radius 3 is 2.74 bits per heavy atom. The highest BCUT2D eigenvalue weighted by Gasteiger charge is 2.31. The Labute approximate surface area is 136 Å². The Bertz CT molecular complexity index is 741. The van der Waals surface area contributed by atoms with E-state index in [0.717, 1.165) is 61.1 Å². The zero-order valence-electron chi connectivity index (χ0n) is 13.5. The first-order chi connectivity index (χ1) is 11.2. The Morgan fingerprint density at radius 2 is 1.96 bits per heavy atom. The van der Waals surface area contributed by atoms with Crippen LogP contribution in [0.25, 0.3) is 10.8 Å². The number of nitrogens with one attached hydrogen (secondary N) is 1. The quantitative estimate of drug-likeness (QED) is 0.946. The van der Waals surface area contributed by atoms with E-state index in [1.165, 1.54) is 0 Å². The van der Waals surface area contributed by atoms with Gasteiger partial charge in [0.15, 0.2) is 5.82 Å². The molecule has 5 nitrogen and oxygen atoms in total. The fourth-order valence-corrected chi connectivity index (χ4v) is 3.39. The van der Waals surface area contributed by atoms with E-state index in [0.29, 0.717) is 6.04 Å². The number of hydrogen-bond donors (Lipinski definition) is 1. The number of aromatic nitrogens is 2. The van der Waals surface area contributed by atoms with Crippen molar-refractivity contribution < 1.29 is 4.79 Å². The van der Waals surface area contributed by atoms with E-state index < -0.39 is 0 Å². The molecule has 2 aromatic rings. The standard InChI is InChI=1S/C18H22N4O/c1-12-15-6-2-3-7-16(15)17(21-20-12)22-10-4-5-13(11-22)18(23)19-14-8-9-14/h2-3,6-7,13-14H,4-5,8-11H2,1H3,(H,19,23). The lowest BCUT2D eigenvalue weighted by molar-refractivity contribution is -0.125. The zero-order chi connectivity index (χ0) is 15.8. The summed E-state index contributed by atoms with van der Waals surface area (Å²) >= 11 is 0. The molecule has 1 aromatic carbocycles. The van der Waals surface area contributed by atoms with Gasteiger partial charge in [0.2, 0.25) is 5.91 Å². The van der Waals surface area contributed by atoms with Crippen LogP contribution in [0.1, 0.15) is 31.4 Å². The van der Waals surface area contributed by atoms with Gasteiger partial charge in [-0.05, 0) is 32.6 Å².